The average molecular weight is 253 g/mol. The number of alkyl halides is 3. The lowest BCUT2D eigenvalue weighted by Crippen LogP contribution is -2.08. The number of pyridine rings is 1. The zero-order chi connectivity index (χ0) is 13.2. The van der Waals surface area contributed by atoms with Gasteiger partial charge in [-0.3, -0.25) is 4.79 Å². The predicted molar refractivity (Wildman–Crippen MR) is 61.3 cm³/mol. The Kier molecular flexibility index (Phi) is 3.23. The maximum Gasteiger partial charge on any atom is 0.416 e. The number of rotatable bonds is 2. The zero-order valence-corrected chi connectivity index (χ0v) is 9.29. The Bertz CT molecular complexity index is 601. The summed E-state index contributed by atoms with van der Waals surface area (Å²) in [6.45, 7) is 0. The number of aromatic nitrogens is 1. The Morgan fingerprint density at radius 1 is 1.06 bits per heavy atom. The SMILES string of the molecule is O=c1cccc(Cc2cccc(C(F)(F)F)c2)[nH]1. The van der Waals surface area contributed by atoms with E-state index in [4.69, 9.17) is 0 Å². The van der Waals surface area contributed by atoms with E-state index in [1.807, 2.05) is 0 Å². The van der Waals surface area contributed by atoms with Crippen LogP contribution in [0.15, 0.2) is 47.3 Å². The van der Waals surface area contributed by atoms with Crippen LogP contribution in [-0.2, 0) is 12.6 Å². The number of nitrogens with one attached hydrogen (secondary N) is 1. The first kappa shape index (κ1) is 12.4. The third-order valence-corrected chi connectivity index (χ3v) is 2.48. The van der Waals surface area contributed by atoms with Crippen LogP contribution in [0, 0.1) is 0 Å². The molecule has 94 valence electrons. The molecule has 0 aliphatic carbocycles. The molecule has 1 N–H and O–H groups in total. The van der Waals surface area contributed by atoms with E-state index in [-0.39, 0.29) is 12.0 Å². The van der Waals surface area contributed by atoms with Crippen molar-refractivity contribution < 1.29 is 13.2 Å². The summed E-state index contributed by atoms with van der Waals surface area (Å²) in [5.41, 5.74) is 0.145. The second-order valence-electron chi connectivity index (χ2n) is 3.92. The topological polar surface area (TPSA) is 32.9 Å². The van der Waals surface area contributed by atoms with Gasteiger partial charge in [-0.1, -0.05) is 24.3 Å². The summed E-state index contributed by atoms with van der Waals surface area (Å²) in [5.74, 6) is 0. The van der Waals surface area contributed by atoms with E-state index in [1.165, 1.54) is 12.1 Å². The highest BCUT2D eigenvalue weighted by atomic mass is 19.4. The molecule has 2 aromatic rings. The van der Waals surface area contributed by atoms with E-state index in [1.54, 1.807) is 18.2 Å². The van der Waals surface area contributed by atoms with Crippen molar-refractivity contribution in [2.45, 2.75) is 12.6 Å². The summed E-state index contributed by atoms with van der Waals surface area (Å²) >= 11 is 0. The molecule has 1 aromatic heterocycles. The summed E-state index contributed by atoms with van der Waals surface area (Å²) in [4.78, 5) is 13.6. The smallest absolute Gasteiger partial charge is 0.326 e. The average Bonchev–Trinajstić information content (AvgIpc) is 2.28. The van der Waals surface area contributed by atoms with Crippen molar-refractivity contribution in [3.63, 3.8) is 0 Å². The summed E-state index contributed by atoms with van der Waals surface area (Å²) < 4.78 is 37.5. The van der Waals surface area contributed by atoms with Crippen molar-refractivity contribution in [3.8, 4) is 0 Å². The number of hydrogen-bond acceptors (Lipinski definition) is 1. The van der Waals surface area contributed by atoms with Gasteiger partial charge in [0.15, 0.2) is 0 Å². The first-order valence-corrected chi connectivity index (χ1v) is 5.29. The van der Waals surface area contributed by atoms with Gasteiger partial charge in [-0.05, 0) is 17.7 Å². The molecule has 0 spiro atoms. The number of hydrogen-bond donors (Lipinski definition) is 1. The first-order valence-electron chi connectivity index (χ1n) is 5.29. The predicted octanol–water partition coefficient (Wildman–Crippen LogP) is 2.98. The standard InChI is InChI=1S/C13H10F3NO/c14-13(15,16)10-4-1-3-9(7-10)8-11-5-2-6-12(18)17-11/h1-7H,8H2,(H,17,18). The molecule has 0 saturated heterocycles. The van der Waals surface area contributed by atoms with Crippen LogP contribution in [0.5, 0.6) is 0 Å². The van der Waals surface area contributed by atoms with E-state index in [0.29, 0.717) is 11.3 Å². The van der Waals surface area contributed by atoms with Crippen molar-refractivity contribution in [2.75, 3.05) is 0 Å². The molecule has 0 fully saturated rings. The molecular formula is C13H10F3NO. The lowest BCUT2D eigenvalue weighted by molar-refractivity contribution is -0.137. The Morgan fingerprint density at radius 3 is 2.44 bits per heavy atom. The van der Waals surface area contributed by atoms with Gasteiger partial charge in [-0.15, -0.1) is 0 Å². The Morgan fingerprint density at radius 2 is 1.78 bits per heavy atom. The Balaban J connectivity index is 2.27. The van der Waals surface area contributed by atoms with Crippen LogP contribution in [0.25, 0.3) is 0 Å². The largest absolute Gasteiger partial charge is 0.416 e. The van der Waals surface area contributed by atoms with Gasteiger partial charge < -0.3 is 4.98 Å². The van der Waals surface area contributed by atoms with Crippen LogP contribution in [-0.4, -0.2) is 4.98 Å². The van der Waals surface area contributed by atoms with Gasteiger partial charge in [0.2, 0.25) is 5.56 Å². The molecule has 2 nitrogen and oxygen atoms in total. The summed E-state index contributed by atoms with van der Waals surface area (Å²) in [6.07, 6.45) is -4.08. The molecule has 0 bridgehead atoms. The second-order valence-corrected chi connectivity index (χ2v) is 3.92. The number of H-pyrrole nitrogens is 1. The van der Waals surface area contributed by atoms with Crippen LogP contribution in [0.2, 0.25) is 0 Å². The van der Waals surface area contributed by atoms with E-state index in [2.05, 4.69) is 4.98 Å². The molecule has 0 amide bonds. The lowest BCUT2D eigenvalue weighted by Gasteiger charge is -2.08. The molecule has 0 saturated carbocycles. The normalized spacial score (nSPS) is 11.5. The van der Waals surface area contributed by atoms with Crippen LogP contribution in [0.3, 0.4) is 0 Å². The highest BCUT2D eigenvalue weighted by molar-refractivity contribution is 5.28. The third kappa shape index (κ3) is 3.00. The van der Waals surface area contributed by atoms with Crippen molar-refractivity contribution in [1.29, 1.82) is 0 Å². The van der Waals surface area contributed by atoms with Crippen LogP contribution < -0.4 is 5.56 Å². The summed E-state index contributed by atoms with van der Waals surface area (Å²) in [7, 11) is 0. The molecular weight excluding hydrogens is 243 g/mol. The number of benzene rings is 1. The van der Waals surface area contributed by atoms with Gasteiger partial charge in [0.25, 0.3) is 0 Å². The molecule has 2 rings (SSSR count). The van der Waals surface area contributed by atoms with Crippen LogP contribution >= 0.6 is 0 Å². The molecule has 0 unspecified atom stereocenters. The minimum Gasteiger partial charge on any atom is -0.326 e. The van der Waals surface area contributed by atoms with Crippen LogP contribution in [0.1, 0.15) is 16.8 Å². The zero-order valence-electron chi connectivity index (χ0n) is 9.29. The van der Waals surface area contributed by atoms with Gasteiger partial charge >= 0.3 is 6.18 Å². The highest BCUT2D eigenvalue weighted by Crippen LogP contribution is 2.29. The number of aromatic amines is 1. The molecule has 0 aliphatic rings. The highest BCUT2D eigenvalue weighted by Gasteiger charge is 2.30. The summed E-state index contributed by atoms with van der Waals surface area (Å²) in [5, 5.41) is 0. The molecule has 5 heteroatoms. The van der Waals surface area contributed by atoms with Crippen molar-refractivity contribution in [2.24, 2.45) is 0 Å². The van der Waals surface area contributed by atoms with Gasteiger partial charge in [0.1, 0.15) is 0 Å². The Labute approximate surface area is 101 Å². The maximum atomic E-state index is 12.5. The fourth-order valence-corrected chi connectivity index (χ4v) is 1.67. The fourth-order valence-electron chi connectivity index (χ4n) is 1.67. The molecule has 18 heavy (non-hydrogen) atoms. The van der Waals surface area contributed by atoms with E-state index in [9.17, 15) is 18.0 Å². The van der Waals surface area contributed by atoms with Gasteiger partial charge in [0.05, 0.1) is 5.56 Å². The number of halogens is 3. The summed E-state index contributed by atoms with van der Waals surface area (Å²) in [6, 6.07) is 9.67. The molecule has 1 aromatic carbocycles. The van der Waals surface area contributed by atoms with Gasteiger partial charge in [0, 0.05) is 18.2 Å². The molecule has 0 radical (unpaired) electrons. The molecule has 0 aliphatic heterocycles. The fraction of sp³-hybridized carbons (Fsp3) is 0.154. The van der Waals surface area contributed by atoms with E-state index < -0.39 is 11.7 Å². The molecule has 1 heterocycles. The minimum atomic E-state index is -4.35. The second kappa shape index (κ2) is 4.68. The minimum absolute atomic E-state index is 0.264. The Hall–Kier alpha value is -2.04. The van der Waals surface area contributed by atoms with Gasteiger partial charge in [-0.25, -0.2) is 0 Å². The van der Waals surface area contributed by atoms with Crippen LogP contribution in [0.4, 0.5) is 13.2 Å². The maximum absolute atomic E-state index is 12.5. The quantitative estimate of drug-likeness (QED) is 0.876. The van der Waals surface area contributed by atoms with Crippen molar-refractivity contribution >= 4 is 0 Å². The van der Waals surface area contributed by atoms with Gasteiger partial charge in [-0.2, -0.15) is 13.2 Å². The van der Waals surface area contributed by atoms with E-state index in [0.717, 1.165) is 12.1 Å². The first-order chi connectivity index (χ1) is 8.45. The monoisotopic (exact) mass is 253 g/mol. The molecule has 0 atom stereocenters. The van der Waals surface area contributed by atoms with E-state index >= 15 is 0 Å². The lowest BCUT2D eigenvalue weighted by atomic mass is 10.1. The van der Waals surface area contributed by atoms with Crippen molar-refractivity contribution in [1.82, 2.24) is 4.98 Å². The third-order valence-electron chi connectivity index (χ3n) is 2.48. The van der Waals surface area contributed by atoms with Crippen molar-refractivity contribution in [3.05, 3.63) is 69.6 Å².